The van der Waals surface area contributed by atoms with Crippen LogP contribution in [0.1, 0.15) is 24.0 Å². The monoisotopic (exact) mass is 477 g/mol. The topological polar surface area (TPSA) is 0 Å². The molecule has 0 N–H and O–H groups in total. The summed E-state index contributed by atoms with van der Waals surface area (Å²) in [5, 5.41) is 0. The van der Waals surface area contributed by atoms with Gasteiger partial charge in [0, 0.05) is 25.8 Å². The van der Waals surface area contributed by atoms with Gasteiger partial charge >= 0.3 is 0 Å². The second-order valence-electron chi connectivity index (χ2n) is 4.97. The summed E-state index contributed by atoms with van der Waals surface area (Å²) in [6.45, 7) is 0. The van der Waals surface area contributed by atoms with Crippen molar-refractivity contribution in [1.82, 2.24) is 0 Å². The third kappa shape index (κ3) is 9.32. The van der Waals surface area contributed by atoms with Gasteiger partial charge < -0.3 is 0 Å². The van der Waals surface area contributed by atoms with E-state index >= 15 is 0 Å². The maximum Gasteiger partial charge on any atom is 0 e. The summed E-state index contributed by atoms with van der Waals surface area (Å²) in [5.74, 6) is 0. The van der Waals surface area contributed by atoms with Crippen molar-refractivity contribution in [3.8, 4) is 0 Å². The Hall–Kier alpha value is -1.86. The molecular weight excluding hydrogens is 455 g/mol. The largest absolute Gasteiger partial charge is 0.273 e. The summed E-state index contributed by atoms with van der Waals surface area (Å²) in [4.78, 5) is 0. The van der Waals surface area contributed by atoms with E-state index in [0.29, 0.717) is 0 Å². The van der Waals surface area contributed by atoms with Crippen molar-refractivity contribution in [2.45, 2.75) is 12.8 Å². The summed E-state index contributed by atoms with van der Waals surface area (Å²) in [6, 6.07) is 20.7. The fourth-order valence-corrected chi connectivity index (χ4v) is 1.97. The van der Waals surface area contributed by atoms with Crippen LogP contribution in [0.2, 0.25) is 0 Å². The van der Waals surface area contributed by atoms with E-state index in [9.17, 15) is 0 Å². The predicted molar refractivity (Wildman–Crippen MR) is 98.5 cm³/mol. The van der Waals surface area contributed by atoms with Gasteiger partial charge in [0.05, 0.1) is 0 Å². The maximum atomic E-state index is 2.99. The molecule has 0 unspecified atom stereocenters. The fourth-order valence-electron chi connectivity index (χ4n) is 1.97. The van der Waals surface area contributed by atoms with Crippen molar-refractivity contribution in [2.75, 3.05) is 0 Å². The first-order chi connectivity index (χ1) is 11.4. The average molecular weight is 476 g/mol. The molecule has 0 aromatic heterocycles. The minimum Gasteiger partial charge on any atom is -0.273 e. The van der Waals surface area contributed by atoms with Crippen LogP contribution < -0.4 is 0 Å². The molecule has 0 spiro atoms. The van der Waals surface area contributed by atoms with E-state index in [2.05, 4.69) is 79.3 Å². The normalized spacial score (nSPS) is 12.5. The van der Waals surface area contributed by atoms with Gasteiger partial charge in [-0.25, -0.2) is 24.3 Å². The molecule has 0 radical (unpaired) electrons. The Kier molecular flexibility index (Phi) is 11.4. The van der Waals surface area contributed by atoms with E-state index in [0.717, 1.165) is 12.8 Å². The number of hydrogen-bond acceptors (Lipinski definition) is 0. The molecule has 0 heterocycles. The zero-order chi connectivity index (χ0) is 16.0. The van der Waals surface area contributed by atoms with E-state index < -0.39 is 0 Å². The predicted octanol–water partition coefficient (Wildman–Crippen LogP) is 5.90. The molecule has 2 aliphatic carbocycles. The van der Waals surface area contributed by atoms with Crippen molar-refractivity contribution < 1.29 is 25.8 Å². The van der Waals surface area contributed by atoms with E-state index in [1.54, 1.807) is 0 Å². The molecule has 120 valence electrons. The van der Waals surface area contributed by atoms with E-state index in [4.69, 9.17) is 0 Å². The van der Waals surface area contributed by atoms with Gasteiger partial charge in [-0.2, -0.15) is 12.2 Å². The molecule has 24 heavy (non-hydrogen) atoms. The Morgan fingerprint density at radius 3 is 1.29 bits per heavy atom. The van der Waals surface area contributed by atoms with Crippen molar-refractivity contribution in [1.29, 1.82) is 0 Å². The Bertz CT molecular complexity index is 569. The second kappa shape index (κ2) is 13.6. The molecule has 0 fully saturated rings. The van der Waals surface area contributed by atoms with Gasteiger partial charge in [0.15, 0.2) is 0 Å². The van der Waals surface area contributed by atoms with Crippen LogP contribution in [-0.4, -0.2) is 0 Å². The van der Waals surface area contributed by atoms with Crippen LogP contribution in [0.3, 0.4) is 0 Å². The van der Waals surface area contributed by atoms with Crippen molar-refractivity contribution in [3.63, 3.8) is 0 Å². The zero-order valence-corrected chi connectivity index (χ0v) is 17.3. The molecule has 0 amide bonds. The Labute approximate surface area is 165 Å². The first-order valence-electron chi connectivity index (χ1n) is 7.83. The average Bonchev–Trinajstić information content (AvgIpc) is 3.35. The first-order valence-corrected chi connectivity index (χ1v) is 7.83. The number of allylic oxidation sites excluding steroid dienone is 8. The second-order valence-corrected chi connectivity index (χ2v) is 4.97. The molecule has 0 nitrogen and oxygen atoms in total. The molecule has 0 saturated carbocycles. The standard InChI is InChI=1S/C13H11.2C5H5.Hf/c1-3-7-12(8-4-1)11-13-9-5-2-6-10-13;2*1-2-4-5-3-1;/h1-11H;2*1-3H,4H2;/q3*-1;. The summed E-state index contributed by atoms with van der Waals surface area (Å²) in [7, 11) is 0. The van der Waals surface area contributed by atoms with E-state index in [-0.39, 0.29) is 25.8 Å². The smallest absolute Gasteiger partial charge is 0 e. The van der Waals surface area contributed by atoms with Gasteiger partial charge in [-0.1, -0.05) is 36.4 Å². The third-order valence-electron chi connectivity index (χ3n) is 3.10. The van der Waals surface area contributed by atoms with Crippen LogP contribution in [0.5, 0.6) is 0 Å². The van der Waals surface area contributed by atoms with Gasteiger partial charge in [-0.05, 0) is 0 Å². The van der Waals surface area contributed by atoms with Crippen LogP contribution in [0, 0.1) is 18.6 Å². The van der Waals surface area contributed by atoms with Crippen LogP contribution in [0.15, 0.2) is 97.1 Å². The maximum absolute atomic E-state index is 2.99. The van der Waals surface area contributed by atoms with Crippen molar-refractivity contribution >= 4 is 0 Å². The molecule has 2 aromatic carbocycles. The summed E-state index contributed by atoms with van der Waals surface area (Å²) < 4.78 is 0. The summed E-state index contributed by atoms with van der Waals surface area (Å²) >= 11 is 0. The van der Waals surface area contributed by atoms with Crippen LogP contribution in [-0.2, 0) is 25.8 Å². The summed E-state index contributed by atoms with van der Waals surface area (Å²) in [6.07, 6.45) is 22.2. The Morgan fingerprint density at radius 2 is 1.04 bits per heavy atom. The number of benzene rings is 2. The molecule has 0 saturated heterocycles. The van der Waals surface area contributed by atoms with Gasteiger partial charge in [0.25, 0.3) is 0 Å². The molecular formula is C23H21Hf-3. The van der Waals surface area contributed by atoms with Gasteiger partial charge in [0.2, 0.25) is 0 Å². The molecule has 0 bridgehead atoms. The van der Waals surface area contributed by atoms with Gasteiger partial charge in [-0.15, -0.1) is 54.7 Å². The van der Waals surface area contributed by atoms with E-state index in [1.165, 1.54) is 11.1 Å². The van der Waals surface area contributed by atoms with Crippen molar-refractivity contribution in [3.05, 3.63) is 127 Å². The molecule has 4 rings (SSSR count). The quantitative estimate of drug-likeness (QED) is 0.375. The minimum absolute atomic E-state index is 0. The van der Waals surface area contributed by atoms with Gasteiger partial charge in [-0.3, -0.25) is 12.2 Å². The summed E-state index contributed by atoms with van der Waals surface area (Å²) in [5.41, 5.74) is 2.49. The molecule has 0 aliphatic heterocycles. The zero-order valence-electron chi connectivity index (χ0n) is 13.7. The third-order valence-corrected chi connectivity index (χ3v) is 3.10. The molecule has 0 atom stereocenters. The van der Waals surface area contributed by atoms with E-state index in [1.807, 2.05) is 36.4 Å². The van der Waals surface area contributed by atoms with Crippen LogP contribution in [0.25, 0.3) is 0 Å². The Morgan fingerprint density at radius 1 is 0.625 bits per heavy atom. The number of rotatable bonds is 2. The first kappa shape index (κ1) is 20.2. The molecule has 1 heteroatoms. The van der Waals surface area contributed by atoms with Crippen LogP contribution in [0.4, 0.5) is 0 Å². The molecule has 2 aliphatic rings. The minimum atomic E-state index is 0. The fraction of sp³-hybridized carbons (Fsp3) is 0.0870. The van der Waals surface area contributed by atoms with Crippen LogP contribution >= 0.6 is 0 Å². The number of hydrogen-bond donors (Lipinski definition) is 0. The Balaban J connectivity index is 0.000000216. The SMILES string of the molecule is [C-]1=CC=CC1.[C-]1=CC=CC1.[Hf].c1ccc([CH-]c2ccccc2)cc1. The van der Waals surface area contributed by atoms with Gasteiger partial charge in [0.1, 0.15) is 0 Å². The van der Waals surface area contributed by atoms with Crippen molar-refractivity contribution in [2.24, 2.45) is 0 Å². The molecule has 2 aromatic rings.